The van der Waals surface area contributed by atoms with Crippen LogP contribution >= 0.6 is 0 Å². The van der Waals surface area contributed by atoms with Gasteiger partial charge in [-0.3, -0.25) is 0 Å². The lowest BCUT2D eigenvalue weighted by Gasteiger charge is -2.49. The highest BCUT2D eigenvalue weighted by atomic mass is 19.1. The molecule has 2 saturated heterocycles. The summed E-state index contributed by atoms with van der Waals surface area (Å²) in [6.45, 7) is 2.48. The molecule has 1 aliphatic carbocycles. The van der Waals surface area contributed by atoms with Gasteiger partial charge < -0.3 is 24.4 Å². The molecule has 0 radical (unpaired) electrons. The zero-order chi connectivity index (χ0) is 19.4. The van der Waals surface area contributed by atoms with Gasteiger partial charge in [0.1, 0.15) is 29.7 Å². The molecule has 2 amide bonds. The number of halogens is 3. The number of hydrogen-bond donors (Lipinski definition) is 1. The highest BCUT2D eigenvalue weighted by Gasteiger charge is 2.53. The average molecular weight is 386 g/mol. The van der Waals surface area contributed by atoms with Crippen LogP contribution in [-0.2, 0) is 9.47 Å². The van der Waals surface area contributed by atoms with Crippen molar-refractivity contribution < 1.29 is 37.0 Å². The van der Waals surface area contributed by atoms with Crippen LogP contribution in [0.25, 0.3) is 0 Å². The molecular formula is C17H17F3N2O5. The largest absolute Gasteiger partial charge is 0.484 e. The van der Waals surface area contributed by atoms with Crippen molar-refractivity contribution in [1.29, 1.82) is 0 Å². The summed E-state index contributed by atoms with van der Waals surface area (Å²) in [5.41, 5.74) is -1.37. The zero-order valence-electron chi connectivity index (χ0n) is 14.4. The molecule has 2 aliphatic heterocycles. The first-order valence-electron chi connectivity index (χ1n) is 8.41. The zero-order valence-corrected chi connectivity index (χ0v) is 14.4. The maximum atomic E-state index is 13.6. The fourth-order valence-electron chi connectivity index (χ4n) is 3.63. The monoisotopic (exact) mass is 386 g/mol. The van der Waals surface area contributed by atoms with Crippen LogP contribution in [0.3, 0.4) is 0 Å². The molecule has 0 aromatic heterocycles. The summed E-state index contributed by atoms with van der Waals surface area (Å²) in [7, 11) is 0. The Bertz CT molecular complexity index is 783. The Balaban J connectivity index is 1.27. The number of cyclic esters (lactones) is 1. The second-order valence-corrected chi connectivity index (χ2v) is 7.50. The standard InChI is InChI=1S/C17H17F3N2O5/c1-16(27-15(24)22-6-17(7-22)8-25-14(23)21-17)4-10(5-16)26-13-11(19)2-9(18)3-12(13)20/h2-3,10H,4-8H2,1H3,(H,21,23)/t10-,16+. The Hall–Kier alpha value is -2.65. The Labute approximate surface area is 152 Å². The van der Waals surface area contributed by atoms with Crippen molar-refractivity contribution in [3.8, 4) is 5.75 Å². The highest BCUT2D eigenvalue weighted by Crippen LogP contribution is 2.40. The number of nitrogens with zero attached hydrogens (tertiary/aromatic N) is 1. The maximum absolute atomic E-state index is 13.6. The number of amides is 2. The van der Waals surface area contributed by atoms with E-state index < -0.39 is 52.6 Å². The molecule has 0 atom stereocenters. The van der Waals surface area contributed by atoms with Crippen LogP contribution in [0.15, 0.2) is 12.1 Å². The average Bonchev–Trinajstić information content (AvgIpc) is 2.89. The number of rotatable bonds is 3. The molecule has 0 unspecified atom stereocenters. The minimum Gasteiger partial charge on any atom is -0.484 e. The Morgan fingerprint density at radius 2 is 1.89 bits per heavy atom. The first-order chi connectivity index (χ1) is 12.7. The van der Waals surface area contributed by atoms with E-state index in [1.165, 1.54) is 4.90 Å². The third-order valence-electron chi connectivity index (χ3n) is 4.99. The summed E-state index contributed by atoms with van der Waals surface area (Å²) in [5, 5.41) is 2.66. The fourth-order valence-corrected chi connectivity index (χ4v) is 3.63. The number of alkyl carbamates (subject to hydrolysis) is 1. The molecular weight excluding hydrogens is 369 g/mol. The van der Waals surface area contributed by atoms with E-state index in [9.17, 15) is 22.8 Å². The highest BCUT2D eigenvalue weighted by molar-refractivity contribution is 5.74. The van der Waals surface area contributed by atoms with Gasteiger partial charge in [0.2, 0.25) is 0 Å². The van der Waals surface area contributed by atoms with E-state index in [0.29, 0.717) is 25.2 Å². The number of benzene rings is 1. The minimum atomic E-state index is -1.12. The van der Waals surface area contributed by atoms with E-state index in [1.807, 2.05) is 0 Å². The van der Waals surface area contributed by atoms with Gasteiger partial charge in [-0.1, -0.05) is 0 Å². The lowest BCUT2D eigenvalue weighted by molar-refractivity contribution is -0.113. The number of ether oxygens (including phenoxy) is 3. The van der Waals surface area contributed by atoms with Crippen molar-refractivity contribution >= 4 is 12.2 Å². The molecule has 0 bridgehead atoms. The second-order valence-electron chi connectivity index (χ2n) is 7.50. The maximum Gasteiger partial charge on any atom is 0.410 e. The summed E-state index contributed by atoms with van der Waals surface area (Å²) in [6, 6.07) is 1.09. The fraction of sp³-hybridized carbons (Fsp3) is 0.529. The van der Waals surface area contributed by atoms with Crippen molar-refractivity contribution in [3.05, 3.63) is 29.6 Å². The molecule has 3 aliphatic rings. The van der Waals surface area contributed by atoms with Crippen molar-refractivity contribution in [3.63, 3.8) is 0 Å². The number of nitrogens with one attached hydrogen (secondary N) is 1. The molecule has 1 N–H and O–H groups in total. The van der Waals surface area contributed by atoms with Crippen molar-refractivity contribution in [2.24, 2.45) is 0 Å². The normalized spacial score (nSPS) is 28.1. The van der Waals surface area contributed by atoms with Crippen LogP contribution in [0.4, 0.5) is 22.8 Å². The van der Waals surface area contributed by atoms with Crippen LogP contribution < -0.4 is 10.1 Å². The summed E-state index contributed by atoms with van der Waals surface area (Å²) in [6.07, 6.45) is -1.11. The van der Waals surface area contributed by atoms with Crippen LogP contribution in [0.1, 0.15) is 19.8 Å². The van der Waals surface area contributed by atoms with Crippen LogP contribution in [0, 0.1) is 17.5 Å². The van der Waals surface area contributed by atoms with Gasteiger partial charge in [0.25, 0.3) is 0 Å². The van der Waals surface area contributed by atoms with Gasteiger partial charge in [-0.05, 0) is 6.92 Å². The molecule has 10 heteroatoms. The lowest BCUT2D eigenvalue weighted by Crippen LogP contribution is -2.70. The predicted octanol–water partition coefficient (Wildman–Crippen LogP) is 2.33. The first-order valence-corrected chi connectivity index (χ1v) is 8.41. The van der Waals surface area contributed by atoms with Crippen LogP contribution in [0.2, 0.25) is 0 Å². The van der Waals surface area contributed by atoms with E-state index >= 15 is 0 Å². The summed E-state index contributed by atoms with van der Waals surface area (Å²) in [5.74, 6) is -3.91. The van der Waals surface area contributed by atoms with Gasteiger partial charge in [0.05, 0.1) is 13.1 Å². The van der Waals surface area contributed by atoms with Gasteiger partial charge in [0.15, 0.2) is 17.4 Å². The van der Waals surface area contributed by atoms with E-state index in [0.717, 1.165) is 0 Å². The van der Waals surface area contributed by atoms with E-state index in [4.69, 9.17) is 14.2 Å². The lowest BCUT2D eigenvalue weighted by atomic mass is 9.78. The number of likely N-dealkylation sites (tertiary alicyclic amines) is 1. The SMILES string of the molecule is C[C@]1(OC(=O)N2CC3(COC(=O)N3)C2)C[C@@H](Oc2c(F)cc(F)cc2F)C1. The Kier molecular flexibility index (Phi) is 3.90. The van der Waals surface area contributed by atoms with Gasteiger partial charge >= 0.3 is 12.2 Å². The number of carbonyl (C=O) groups excluding carboxylic acids is 2. The molecule has 1 spiro atoms. The first kappa shape index (κ1) is 17.7. The van der Waals surface area contributed by atoms with E-state index in [2.05, 4.69) is 5.32 Å². The third kappa shape index (κ3) is 3.24. The van der Waals surface area contributed by atoms with Crippen molar-refractivity contribution in [1.82, 2.24) is 10.2 Å². The second kappa shape index (κ2) is 5.93. The minimum absolute atomic E-state index is 0.206. The van der Waals surface area contributed by atoms with Gasteiger partial charge in [-0.25, -0.2) is 22.8 Å². The smallest absolute Gasteiger partial charge is 0.410 e. The van der Waals surface area contributed by atoms with Crippen molar-refractivity contribution in [2.75, 3.05) is 19.7 Å². The summed E-state index contributed by atoms with van der Waals surface area (Å²) in [4.78, 5) is 24.8. The molecule has 146 valence electrons. The van der Waals surface area contributed by atoms with Crippen LogP contribution in [-0.4, -0.2) is 54.0 Å². The number of hydrogen-bond acceptors (Lipinski definition) is 5. The Morgan fingerprint density at radius 3 is 2.44 bits per heavy atom. The Morgan fingerprint density at radius 1 is 1.26 bits per heavy atom. The summed E-state index contributed by atoms with van der Waals surface area (Å²) < 4.78 is 55.7. The molecule has 1 saturated carbocycles. The van der Waals surface area contributed by atoms with Crippen molar-refractivity contribution in [2.45, 2.75) is 37.0 Å². The third-order valence-corrected chi connectivity index (χ3v) is 4.99. The predicted molar refractivity (Wildman–Crippen MR) is 83.6 cm³/mol. The summed E-state index contributed by atoms with van der Waals surface area (Å²) >= 11 is 0. The molecule has 2 heterocycles. The van der Waals surface area contributed by atoms with E-state index in [-0.39, 0.29) is 19.4 Å². The molecule has 3 fully saturated rings. The molecule has 4 rings (SSSR count). The van der Waals surface area contributed by atoms with Crippen LogP contribution in [0.5, 0.6) is 5.75 Å². The number of carbonyl (C=O) groups is 2. The molecule has 27 heavy (non-hydrogen) atoms. The molecule has 7 nitrogen and oxygen atoms in total. The van der Waals surface area contributed by atoms with Gasteiger partial charge in [0, 0.05) is 25.0 Å². The molecule has 1 aromatic carbocycles. The van der Waals surface area contributed by atoms with Gasteiger partial charge in [-0.2, -0.15) is 0 Å². The molecule has 1 aromatic rings. The quantitative estimate of drug-likeness (QED) is 0.863. The topological polar surface area (TPSA) is 77.1 Å². The van der Waals surface area contributed by atoms with Gasteiger partial charge in [-0.15, -0.1) is 0 Å². The van der Waals surface area contributed by atoms with E-state index in [1.54, 1.807) is 6.92 Å².